The predicted octanol–water partition coefficient (Wildman–Crippen LogP) is 14.0. The molecule has 0 spiro atoms. The topological polar surface area (TPSA) is 256 Å². The molecule has 0 radical (unpaired) electrons. The highest BCUT2D eigenvalue weighted by Crippen LogP contribution is 2.49. The van der Waals surface area contributed by atoms with Crippen molar-refractivity contribution in [2.24, 2.45) is 0 Å². The Kier molecular flexibility index (Phi) is 27.9. The van der Waals surface area contributed by atoms with E-state index in [1.807, 2.05) is 123 Å². The van der Waals surface area contributed by atoms with Gasteiger partial charge < -0.3 is 43.8 Å². The van der Waals surface area contributed by atoms with Crippen molar-refractivity contribution in [3.8, 4) is 11.5 Å². The number of nitrogens with zero attached hydrogens (tertiary/aromatic N) is 10. The minimum atomic E-state index is -1.92. The summed E-state index contributed by atoms with van der Waals surface area (Å²) < 4.78 is 33.9. The number of fused-ring (bicyclic) bond motifs is 5. The molecule has 614 valence electrons. The molecular formula is C95H102ClN11O12+2. The van der Waals surface area contributed by atoms with Crippen molar-refractivity contribution in [1.29, 1.82) is 0 Å². The number of cyclic esters (lactones) is 1. The largest absolute Gasteiger partial charge is 0.494 e. The summed E-state index contributed by atoms with van der Waals surface area (Å²) in [6.07, 6.45) is 13.3. The van der Waals surface area contributed by atoms with Crippen molar-refractivity contribution in [2.45, 2.75) is 154 Å². The number of nitrogens with one attached hydrogen (secondary N) is 1. The van der Waals surface area contributed by atoms with Crippen molar-refractivity contribution in [1.82, 2.24) is 39.2 Å². The maximum Gasteiger partial charge on any atom is 0.418 e. The highest BCUT2D eigenvalue weighted by molar-refractivity contribution is 6.30. The van der Waals surface area contributed by atoms with Gasteiger partial charge in [-0.2, -0.15) is 9.15 Å². The molecule has 8 heterocycles. The fourth-order valence-electron chi connectivity index (χ4n) is 16.7. The van der Waals surface area contributed by atoms with E-state index < -0.39 is 29.2 Å². The number of allylic oxidation sites excluding steroid dienone is 1. The van der Waals surface area contributed by atoms with E-state index in [2.05, 4.69) is 88.0 Å². The van der Waals surface area contributed by atoms with E-state index in [4.69, 9.17) is 55.2 Å². The molecule has 14 rings (SSSR count). The maximum absolute atomic E-state index is 13.9. The van der Waals surface area contributed by atoms with Crippen molar-refractivity contribution in [3.63, 3.8) is 0 Å². The van der Waals surface area contributed by atoms with E-state index in [-0.39, 0.29) is 92.7 Å². The minimum Gasteiger partial charge on any atom is -0.494 e. The maximum atomic E-state index is 13.9. The number of unbranched alkanes of at least 4 members (excludes halogenated alkanes) is 1. The molecule has 3 unspecified atom stereocenters. The number of aliphatic hydroxyl groups excluding tert-OH is 1. The number of aromatic nitrogens is 5. The van der Waals surface area contributed by atoms with Crippen LogP contribution in [0.15, 0.2) is 223 Å². The van der Waals surface area contributed by atoms with E-state index in [9.17, 15) is 34.2 Å². The lowest BCUT2D eigenvalue weighted by Gasteiger charge is -2.46. The molecule has 1 fully saturated rings. The molecule has 0 bridgehead atoms. The van der Waals surface area contributed by atoms with E-state index in [1.165, 1.54) is 21.3 Å². The number of rotatable bonds is 38. The number of ether oxygens (including phenoxy) is 5. The second-order valence-corrected chi connectivity index (χ2v) is 31.4. The lowest BCUT2D eigenvalue weighted by molar-refractivity contribution is -0.426. The first-order valence-electron chi connectivity index (χ1n) is 41.0. The summed E-state index contributed by atoms with van der Waals surface area (Å²) >= 11 is 6.49. The number of anilines is 1. The van der Waals surface area contributed by atoms with Crippen LogP contribution in [0.4, 0.5) is 5.69 Å². The fourth-order valence-corrected chi connectivity index (χ4v) is 16.8. The standard InChI is InChI=1S/C95H102ClN11O12/c1-5-80-81-55-78(36-37-85(81)101-87-82(80)64-107-86(87)56-84-83(90(107)110)65-118-93(113)95(84,114)6-2)119-91(111)71-30-28-70(29-31-71)89(109)103(4)46-49-116-51-50-115-48-45-102(3)88(108)69-26-24-66(25-27-69)59-106(92(112)94(38-12-7-13-39-94)72-32-34-73(96)35-33-72)44-18-19-47-117-79-53-67(57-104(60-74-20-8-14-40-97-74)61-75-21-9-15-41-98-75)52-68(54-79)58-105(62-76-22-10-16-42-99-76)63-77-23-11-17-43-100-77/h8-11,14-17,20-37,40-43,52-56,87,92,101,112,114H,3-7,12-13,18-19,38-39,44-51,57-65H2,1-2H3/q+2. The highest BCUT2D eigenvalue weighted by Gasteiger charge is 2.48. The van der Waals surface area contributed by atoms with E-state index in [0.29, 0.717) is 106 Å². The van der Waals surface area contributed by atoms with Crippen LogP contribution in [0.1, 0.15) is 176 Å². The lowest BCUT2D eigenvalue weighted by Crippen LogP contribution is -2.51. The summed E-state index contributed by atoms with van der Waals surface area (Å²) in [6, 6.07) is 58.9. The lowest BCUT2D eigenvalue weighted by atomic mass is 9.67. The molecule has 119 heavy (non-hydrogen) atoms. The number of halogens is 1. The molecule has 1 aliphatic carbocycles. The molecule has 4 aliphatic rings. The van der Waals surface area contributed by atoms with Gasteiger partial charge in [0.1, 0.15) is 51.0 Å². The summed E-state index contributed by atoms with van der Waals surface area (Å²) in [5, 5.41) is 28.5. The van der Waals surface area contributed by atoms with Crippen molar-refractivity contribution in [3.05, 3.63) is 318 Å². The number of benzene rings is 5. The summed E-state index contributed by atoms with van der Waals surface area (Å²) in [7, 11) is 0. The molecular weight excluding hydrogens is 1520 g/mol. The third-order valence-corrected chi connectivity index (χ3v) is 23.2. The Morgan fingerprint density at radius 1 is 0.613 bits per heavy atom. The predicted molar refractivity (Wildman–Crippen MR) is 454 cm³/mol. The Morgan fingerprint density at radius 3 is 1.69 bits per heavy atom. The number of amides is 2. The quantitative estimate of drug-likeness (QED) is 0.00811. The van der Waals surface area contributed by atoms with Gasteiger partial charge in [-0.25, -0.2) is 19.2 Å². The summed E-state index contributed by atoms with van der Waals surface area (Å²) in [4.78, 5) is 93.1. The van der Waals surface area contributed by atoms with Crippen LogP contribution < -0.4 is 20.3 Å². The zero-order chi connectivity index (χ0) is 82.8. The smallest absolute Gasteiger partial charge is 0.418 e. The minimum absolute atomic E-state index is 0.0536. The zero-order valence-corrected chi connectivity index (χ0v) is 68.2. The summed E-state index contributed by atoms with van der Waals surface area (Å²) in [5.41, 5.74) is 11.0. The number of carbonyl (C=O) groups is 4. The molecule has 3 N–H and O–H groups in total. The molecule has 3 atom stereocenters. The number of aliphatic hydroxyl groups is 2. The zero-order valence-electron chi connectivity index (χ0n) is 67.5. The van der Waals surface area contributed by atoms with Crippen LogP contribution in [-0.4, -0.2) is 155 Å². The first kappa shape index (κ1) is 84.1. The second kappa shape index (κ2) is 39.5. The Labute approximate surface area is 698 Å². The Morgan fingerprint density at radius 2 is 1.16 bits per heavy atom. The first-order valence-corrected chi connectivity index (χ1v) is 41.4. The van der Waals surface area contributed by atoms with Gasteiger partial charge in [0.05, 0.1) is 70.9 Å². The van der Waals surface area contributed by atoms with E-state index in [0.717, 1.165) is 112 Å². The van der Waals surface area contributed by atoms with E-state index >= 15 is 0 Å². The van der Waals surface area contributed by atoms with Crippen LogP contribution in [0, 0.1) is 0 Å². The van der Waals surface area contributed by atoms with Gasteiger partial charge in [-0.1, -0.05) is 99.3 Å². The summed E-state index contributed by atoms with van der Waals surface area (Å²) in [5.74, 6) is -0.948. The first-order chi connectivity index (χ1) is 57.9. The fraction of sp³-hybridized carbons (Fsp3) is 0.337. The average molecular weight is 1630 g/mol. The van der Waals surface area contributed by atoms with Crippen molar-refractivity contribution in [2.75, 3.05) is 58.0 Å². The van der Waals surface area contributed by atoms with Crippen LogP contribution in [0.25, 0.3) is 5.57 Å². The molecule has 2 amide bonds. The van der Waals surface area contributed by atoms with Crippen LogP contribution in [-0.2, 0) is 89.0 Å². The SMILES string of the molecule is C=[N+](CCOCCOCC[N+](=C)C(=O)c1ccc(C(=O)Oc2ccc3c(c2)C(CC)=C2Cn4c(cc5c(c4=O)COC(=O)C5(O)CC)C2N3)cc1)C(=O)c1ccc(CN(CCCCOc2cc(CN(Cc3ccccn3)Cc3ccccn3)cc(CN(Cc3ccccn3)Cc3ccccn3)c2)C(O)C2(c3ccc(Cl)cc3)CCCCC2)cc1. The molecule has 10 aromatic rings. The Hall–Kier alpha value is -11.4. The van der Waals surface area contributed by atoms with Gasteiger partial charge >= 0.3 is 23.8 Å². The van der Waals surface area contributed by atoms with Crippen LogP contribution in [0.3, 0.4) is 0 Å². The second-order valence-electron chi connectivity index (χ2n) is 31.0. The molecule has 5 aromatic carbocycles. The third-order valence-electron chi connectivity index (χ3n) is 22.9. The van der Waals surface area contributed by atoms with Crippen molar-refractivity contribution >= 4 is 60.0 Å². The third kappa shape index (κ3) is 20.5. The Balaban J connectivity index is 0.553. The van der Waals surface area contributed by atoms with Crippen LogP contribution >= 0.6 is 11.6 Å². The molecule has 3 aliphatic heterocycles. The number of carbonyl (C=O) groups excluding carboxylic acids is 4. The van der Waals surface area contributed by atoms with Gasteiger partial charge in [-0.3, -0.25) is 39.4 Å². The molecule has 1 saturated carbocycles. The molecule has 24 heteroatoms. The Bertz CT molecular complexity index is 5140. The normalized spacial score (nSPS) is 16.1. The van der Waals surface area contributed by atoms with Gasteiger partial charge in [-0.05, 0) is 205 Å². The number of hydrogen-bond donors (Lipinski definition) is 3. The molecule has 23 nitrogen and oxygen atoms in total. The van der Waals surface area contributed by atoms with Crippen LogP contribution in [0.5, 0.6) is 11.5 Å². The molecule has 0 saturated heterocycles. The van der Waals surface area contributed by atoms with Crippen LogP contribution in [0.2, 0.25) is 5.02 Å². The monoisotopic (exact) mass is 1620 g/mol. The van der Waals surface area contributed by atoms with E-state index in [1.54, 1.807) is 41.8 Å². The van der Waals surface area contributed by atoms with Gasteiger partial charge in [0.25, 0.3) is 5.56 Å². The van der Waals surface area contributed by atoms with Gasteiger partial charge in [0.2, 0.25) is 0 Å². The summed E-state index contributed by atoms with van der Waals surface area (Å²) in [6.45, 7) is 18.2. The number of esters is 2. The molecule has 5 aromatic heterocycles. The number of hydrogen-bond acceptors (Lipinski definition) is 20. The van der Waals surface area contributed by atoms with Gasteiger partial charge in [-0.15, -0.1) is 0 Å². The highest BCUT2D eigenvalue weighted by atomic mass is 35.5. The van der Waals surface area contributed by atoms with Gasteiger partial charge in [0, 0.05) is 117 Å². The van der Waals surface area contributed by atoms with Crippen molar-refractivity contribution < 1.29 is 62.2 Å². The number of pyridine rings is 5. The van der Waals surface area contributed by atoms with Gasteiger partial charge in [0.15, 0.2) is 18.7 Å². The average Bonchev–Trinajstić information content (AvgIpc) is 1.59.